The Bertz CT molecular complexity index is 741. The number of hydrogen-bond acceptors (Lipinski definition) is 5. The van der Waals surface area contributed by atoms with Gasteiger partial charge in [-0.2, -0.15) is 5.26 Å². The summed E-state index contributed by atoms with van der Waals surface area (Å²) in [6.45, 7) is 2.21. The molecular formula is C18H19N5O. The molecule has 2 aromatic rings. The Labute approximate surface area is 141 Å². The van der Waals surface area contributed by atoms with E-state index in [9.17, 15) is 10.1 Å². The highest BCUT2D eigenvalue weighted by Gasteiger charge is 2.27. The summed E-state index contributed by atoms with van der Waals surface area (Å²) in [5, 5.41) is 15.5. The molecule has 0 aliphatic carbocycles. The number of amides is 1. The fraction of sp³-hybridized carbons (Fsp3) is 0.278. The summed E-state index contributed by atoms with van der Waals surface area (Å²) in [6, 6.07) is 15.1. The molecule has 1 atom stereocenters. The SMILES string of the molecule is N#Cc1cccnc1N1CCNCC1CC(=O)Nc1ccccc1. The lowest BCUT2D eigenvalue weighted by molar-refractivity contribution is -0.116. The van der Waals surface area contributed by atoms with Crippen molar-refractivity contribution in [2.24, 2.45) is 0 Å². The minimum atomic E-state index is -0.0469. The largest absolute Gasteiger partial charge is 0.349 e. The van der Waals surface area contributed by atoms with Gasteiger partial charge in [-0.05, 0) is 24.3 Å². The van der Waals surface area contributed by atoms with Crippen molar-refractivity contribution in [3.8, 4) is 6.07 Å². The summed E-state index contributed by atoms with van der Waals surface area (Å²) in [7, 11) is 0. The molecule has 1 saturated heterocycles. The third kappa shape index (κ3) is 3.70. The maximum Gasteiger partial charge on any atom is 0.226 e. The summed E-state index contributed by atoms with van der Waals surface area (Å²) in [5.41, 5.74) is 1.32. The van der Waals surface area contributed by atoms with Crippen LogP contribution in [0.15, 0.2) is 48.7 Å². The zero-order valence-corrected chi connectivity index (χ0v) is 13.3. The lowest BCUT2D eigenvalue weighted by atomic mass is 10.1. The molecule has 1 aromatic heterocycles. The average molecular weight is 321 g/mol. The minimum absolute atomic E-state index is 0.0375. The predicted octanol–water partition coefficient (Wildman–Crippen LogP) is 1.76. The van der Waals surface area contributed by atoms with Gasteiger partial charge in [0.05, 0.1) is 11.6 Å². The van der Waals surface area contributed by atoms with E-state index in [-0.39, 0.29) is 11.9 Å². The van der Waals surface area contributed by atoms with Gasteiger partial charge < -0.3 is 15.5 Å². The van der Waals surface area contributed by atoms with Crippen LogP contribution in [0.5, 0.6) is 0 Å². The van der Waals surface area contributed by atoms with E-state index in [0.29, 0.717) is 24.3 Å². The van der Waals surface area contributed by atoms with E-state index in [1.807, 2.05) is 30.3 Å². The summed E-state index contributed by atoms with van der Waals surface area (Å²) in [5.74, 6) is 0.605. The van der Waals surface area contributed by atoms with Crippen molar-refractivity contribution >= 4 is 17.4 Å². The molecule has 0 bridgehead atoms. The van der Waals surface area contributed by atoms with Crippen LogP contribution >= 0.6 is 0 Å². The van der Waals surface area contributed by atoms with Crippen LogP contribution < -0.4 is 15.5 Å². The summed E-state index contributed by atoms with van der Waals surface area (Å²) in [6.07, 6.45) is 2.02. The first-order valence-corrected chi connectivity index (χ1v) is 7.95. The molecule has 0 spiro atoms. The maximum atomic E-state index is 12.4. The quantitative estimate of drug-likeness (QED) is 0.897. The number of para-hydroxylation sites is 1. The van der Waals surface area contributed by atoms with Gasteiger partial charge in [0.25, 0.3) is 0 Å². The smallest absolute Gasteiger partial charge is 0.226 e. The average Bonchev–Trinajstić information content (AvgIpc) is 2.63. The number of piperazine rings is 1. The van der Waals surface area contributed by atoms with Crippen molar-refractivity contribution in [2.45, 2.75) is 12.5 Å². The second kappa shape index (κ2) is 7.57. The van der Waals surface area contributed by atoms with Crippen LogP contribution in [0.2, 0.25) is 0 Å². The molecule has 1 fully saturated rings. The first-order chi connectivity index (χ1) is 11.8. The molecule has 6 heteroatoms. The predicted molar refractivity (Wildman–Crippen MR) is 92.6 cm³/mol. The van der Waals surface area contributed by atoms with Gasteiger partial charge in [0.1, 0.15) is 11.9 Å². The van der Waals surface area contributed by atoms with Crippen LogP contribution in [0.1, 0.15) is 12.0 Å². The molecule has 1 amide bonds. The molecule has 122 valence electrons. The van der Waals surface area contributed by atoms with Gasteiger partial charge >= 0.3 is 0 Å². The number of anilines is 2. The highest BCUT2D eigenvalue weighted by Crippen LogP contribution is 2.21. The third-order valence-corrected chi connectivity index (χ3v) is 4.01. The normalized spacial score (nSPS) is 17.1. The number of nitrogens with one attached hydrogen (secondary N) is 2. The minimum Gasteiger partial charge on any atom is -0.349 e. The van der Waals surface area contributed by atoms with Crippen LogP contribution in [0.4, 0.5) is 11.5 Å². The van der Waals surface area contributed by atoms with Crippen molar-refractivity contribution in [3.05, 3.63) is 54.2 Å². The second-order valence-electron chi connectivity index (χ2n) is 5.66. The molecule has 1 unspecified atom stereocenters. The van der Waals surface area contributed by atoms with Crippen molar-refractivity contribution in [3.63, 3.8) is 0 Å². The number of benzene rings is 1. The monoisotopic (exact) mass is 321 g/mol. The Morgan fingerprint density at radius 1 is 1.33 bits per heavy atom. The fourth-order valence-corrected chi connectivity index (χ4v) is 2.88. The number of pyridine rings is 1. The number of hydrogen-bond donors (Lipinski definition) is 2. The van der Waals surface area contributed by atoms with Crippen LogP contribution in [-0.2, 0) is 4.79 Å². The highest BCUT2D eigenvalue weighted by atomic mass is 16.1. The molecule has 1 aliphatic rings. The van der Waals surface area contributed by atoms with Gasteiger partial charge in [-0.1, -0.05) is 18.2 Å². The standard InChI is InChI=1S/C18H19N5O/c19-12-14-5-4-8-21-18(14)23-10-9-20-13-16(23)11-17(24)22-15-6-2-1-3-7-15/h1-8,16,20H,9-11,13H2,(H,22,24). The Kier molecular flexibility index (Phi) is 5.04. The number of carbonyl (C=O) groups excluding carboxylic acids is 1. The second-order valence-corrected chi connectivity index (χ2v) is 5.66. The van der Waals surface area contributed by atoms with E-state index in [1.54, 1.807) is 18.3 Å². The van der Waals surface area contributed by atoms with E-state index in [2.05, 4.69) is 26.6 Å². The summed E-state index contributed by atoms with van der Waals surface area (Å²) in [4.78, 5) is 18.8. The van der Waals surface area contributed by atoms with Gasteiger partial charge in [-0.15, -0.1) is 0 Å². The van der Waals surface area contributed by atoms with E-state index < -0.39 is 0 Å². The van der Waals surface area contributed by atoms with Gasteiger partial charge in [-0.25, -0.2) is 4.98 Å². The molecule has 0 radical (unpaired) electrons. The Morgan fingerprint density at radius 2 is 2.17 bits per heavy atom. The number of nitriles is 1. The third-order valence-electron chi connectivity index (χ3n) is 4.01. The van der Waals surface area contributed by atoms with Crippen molar-refractivity contribution in [2.75, 3.05) is 29.9 Å². The van der Waals surface area contributed by atoms with Gasteiger partial charge in [0.15, 0.2) is 0 Å². The lowest BCUT2D eigenvalue weighted by Gasteiger charge is -2.37. The molecule has 1 aromatic carbocycles. The number of aromatic nitrogens is 1. The molecule has 1 aliphatic heterocycles. The number of carbonyl (C=O) groups is 1. The fourth-order valence-electron chi connectivity index (χ4n) is 2.88. The van der Waals surface area contributed by atoms with E-state index in [1.165, 1.54) is 0 Å². The lowest BCUT2D eigenvalue weighted by Crippen LogP contribution is -2.53. The Morgan fingerprint density at radius 3 is 2.96 bits per heavy atom. The zero-order valence-electron chi connectivity index (χ0n) is 13.3. The molecular weight excluding hydrogens is 302 g/mol. The van der Waals surface area contributed by atoms with Crippen LogP contribution in [-0.4, -0.2) is 36.6 Å². The van der Waals surface area contributed by atoms with E-state index in [0.717, 1.165) is 18.8 Å². The van der Waals surface area contributed by atoms with Crippen LogP contribution in [0, 0.1) is 11.3 Å². The Hall–Kier alpha value is -2.91. The maximum absolute atomic E-state index is 12.4. The van der Waals surface area contributed by atoms with Gasteiger partial charge in [-0.3, -0.25) is 4.79 Å². The van der Waals surface area contributed by atoms with Crippen LogP contribution in [0.25, 0.3) is 0 Å². The molecule has 3 rings (SSSR count). The molecule has 0 saturated carbocycles. The summed E-state index contributed by atoms with van der Waals surface area (Å²) < 4.78 is 0. The zero-order chi connectivity index (χ0) is 16.8. The summed E-state index contributed by atoms with van der Waals surface area (Å²) >= 11 is 0. The van der Waals surface area contributed by atoms with Gasteiger partial charge in [0.2, 0.25) is 5.91 Å². The highest BCUT2D eigenvalue weighted by molar-refractivity contribution is 5.91. The molecule has 6 nitrogen and oxygen atoms in total. The van der Waals surface area contributed by atoms with Crippen LogP contribution in [0.3, 0.4) is 0 Å². The van der Waals surface area contributed by atoms with Crippen molar-refractivity contribution in [1.29, 1.82) is 5.26 Å². The van der Waals surface area contributed by atoms with Crippen molar-refractivity contribution in [1.82, 2.24) is 10.3 Å². The molecule has 24 heavy (non-hydrogen) atoms. The number of nitrogens with zero attached hydrogens (tertiary/aromatic N) is 3. The topological polar surface area (TPSA) is 81.1 Å². The van der Waals surface area contributed by atoms with E-state index >= 15 is 0 Å². The van der Waals surface area contributed by atoms with Crippen molar-refractivity contribution < 1.29 is 4.79 Å². The first kappa shape index (κ1) is 16.0. The first-order valence-electron chi connectivity index (χ1n) is 7.95. The molecule has 2 heterocycles. The number of rotatable bonds is 4. The Balaban J connectivity index is 1.73. The van der Waals surface area contributed by atoms with Gasteiger partial charge in [0, 0.05) is 37.9 Å². The molecule has 2 N–H and O–H groups in total. The van der Waals surface area contributed by atoms with E-state index in [4.69, 9.17) is 0 Å².